The van der Waals surface area contributed by atoms with Gasteiger partial charge in [0, 0.05) is 24.3 Å². The van der Waals surface area contributed by atoms with Crippen LogP contribution in [0, 0.1) is 25.7 Å². The van der Waals surface area contributed by atoms with Gasteiger partial charge in [-0.05, 0) is 32.1 Å². The van der Waals surface area contributed by atoms with Crippen molar-refractivity contribution in [3.8, 4) is 0 Å². The van der Waals surface area contributed by atoms with E-state index in [1.165, 1.54) is 0 Å². The van der Waals surface area contributed by atoms with Crippen LogP contribution >= 0.6 is 0 Å². The van der Waals surface area contributed by atoms with Gasteiger partial charge >= 0.3 is 0 Å². The van der Waals surface area contributed by atoms with Gasteiger partial charge in [-0.1, -0.05) is 13.8 Å². The molecule has 110 valence electrons. The second kappa shape index (κ2) is 5.77. The molecule has 2 atom stereocenters. The summed E-state index contributed by atoms with van der Waals surface area (Å²) >= 11 is 0. The summed E-state index contributed by atoms with van der Waals surface area (Å²) in [5.74, 6) is 1.67. The Morgan fingerprint density at radius 2 is 1.90 bits per heavy atom. The summed E-state index contributed by atoms with van der Waals surface area (Å²) in [5.41, 5.74) is 0.950. The molecule has 5 heteroatoms. The lowest BCUT2D eigenvalue weighted by molar-refractivity contribution is -0.133. The number of H-pyrrole nitrogens is 1. The van der Waals surface area contributed by atoms with E-state index >= 15 is 0 Å². The minimum atomic E-state index is -0.193. The van der Waals surface area contributed by atoms with Gasteiger partial charge in [0.2, 0.25) is 5.91 Å². The number of aryl methyl sites for hydroxylation is 2. The van der Waals surface area contributed by atoms with E-state index in [4.69, 9.17) is 0 Å². The number of hydrogen-bond donors (Lipinski definition) is 1. The normalized spacial score (nSPS) is 22.9. The summed E-state index contributed by atoms with van der Waals surface area (Å²) in [6.45, 7) is 9.45. The zero-order valence-electron chi connectivity index (χ0n) is 12.7. The Balaban J connectivity index is 2.14. The van der Waals surface area contributed by atoms with E-state index in [-0.39, 0.29) is 17.9 Å². The lowest BCUT2D eigenvalue weighted by Crippen LogP contribution is -2.43. The summed E-state index contributed by atoms with van der Waals surface area (Å²) in [5, 5.41) is 0. The van der Waals surface area contributed by atoms with E-state index in [2.05, 4.69) is 23.8 Å². The van der Waals surface area contributed by atoms with Crippen LogP contribution in [0.15, 0.2) is 4.79 Å². The van der Waals surface area contributed by atoms with Crippen molar-refractivity contribution in [1.29, 1.82) is 0 Å². The van der Waals surface area contributed by atoms with Crippen LogP contribution in [0.25, 0.3) is 0 Å². The average Bonchev–Trinajstić information content (AvgIpc) is 2.32. The molecular weight excluding hydrogens is 254 g/mol. The molecular formula is C15H23N3O2. The van der Waals surface area contributed by atoms with Crippen LogP contribution in [0.4, 0.5) is 0 Å². The molecule has 0 spiro atoms. The molecule has 1 fully saturated rings. The van der Waals surface area contributed by atoms with Crippen molar-refractivity contribution in [3.63, 3.8) is 0 Å². The van der Waals surface area contributed by atoms with Crippen molar-refractivity contribution in [2.75, 3.05) is 13.1 Å². The van der Waals surface area contributed by atoms with Crippen molar-refractivity contribution in [1.82, 2.24) is 14.9 Å². The van der Waals surface area contributed by atoms with E-state index in [0.717, 1.165) is 19.5 Å². The molecule has 0 aromatic carbocycles. The second-order valence-electron chi connectivity index (χ2n) is 6.14. The number of carbonyl (C=O) groups excluding carboxylic acids is 1. The fourth-order valence-corrected chi connectivity index (χ4v) is 3.09. The van der Waals surface area contributed by atoms with Crippen LogP contribution in [0.3, 0.4) is 0 Å². The number of nitrogens with one attached hydrogen (secondary N) is 1. The first-order valence-corrected chi connectivity index (χ1v) is 7.21. The maximum absolute atomic E-state index is 12.4. The smallest absolute Gasteiger partial charge is 0.254 e. The van der Waals surface area contributed by atoms with Crippen LogP contribution in [-0.2, 0) is 11.2 Å². The molecule has 1 aliphatic rings. The fourth-order valence-electron chi connectivity index (χ4n) is 3.09. The van der Waals surface area contributed by atoms with Crippen LogP contribution in [0.5, 0.6) is 0 Å². The number of aromatic nitrogens is 2. The molecule has 1 aromatic heterocycles. The number of likely N-dealkylation sites (tertiary alicyclic amines) is 1. The number of nitrogens with zero attached hydrogens (tertiary/aromatic N) is 2. The minimum absolute atomic E-state index is 0.0302. The Labute approximate surface area is 119 Å². The zero-order valence-corrected chi connectivity index (χ0v) is 12.7. The molecule has 0 unspecified atom stereocenters. The van der Waals surface area contributed by atoms with Gasteiger partial charge in [-0.15, -0.1) is 0 Å². The maximum atomic E-state index is 12.4. The first-order chi connectivity index (χ1) is 9.36. The fraction of sp³-hybridized carbons (Fsp3) is 0.667. The third kappa shape index (κ3) is 3.26. The number of aromatic amines is 1. The molecule has 1 saturated heterocycles. The van der Waals surface area contributed by atoms with Crippen molar-refractivity contribution >= 4 is 5.91 Å². The molecule has 0 saturated carbocycles. The summed E-state index contributed by atoms with van der Waals surface area (Å²) < 4.78 is 0. The Bertz CT molecular complexity index is 555. The quantitative estimate of drug-likeness (QED) is 0.889. The summed E-state index contributed by atoms with van der Waals surface area (Å²) in [4.78, 5) is 33.1. The first-order valence-electron chi connectivity index (χ1n) is 7.21. The predicted octanol–water partition coefficient (Wildman–Crippen LogP) is 1.43. The molecule has 2 heterocycles. The molecule has 1 aliphatic heterocycles. The summed E-state index contributed by atoms with van der Waals surface area (Å²) in [6, 6.07) is 0. The number of rotatable bonds is 2. The van der Waals surface area contributed by atoms with Crippen LogP contribution in [0.2, 0.25) is 0 Å². The topological polar surface area (TPSA) is 66.1 Å². The molecule has 20 heavy (non-hydrogen) atoms. The lowest BCUT2D eigenvalue weighted by Gasteiger charge is -2.35. The largest absolute Gasteiger partial charge is 0.342 e. The molecule has 2 rings (SSSR count). The Morgan fingerprint density at radius 1 is 1.30 bits per heavy atom. The van der Waals surface area contributed by atoms with Crippen LogP contribution in [0.1, 0.15) is 37.4 Å². The van der Waals surface area contributed by atoms with Gasteiger partial charge in [0.05, 0.1) is 6.42 Å². The number of hydrogen-bond acceptors (Lipinski definition) is 3. The molecule has 0 aliphatic carbocycles. The molecule has 0 bridgehead atoms. The summed E-state index contributed by atoms with van der Waals surface area (Å²) in [7, 11) is 0. The molecule has 5 nitrogen and oxygen atoms in total. The van der Waals surface area contributed by atoms with Crippen LogP contribution < -0.4 is 5.56 Å². The van der Waals surface area contributed by atoms with Gasteiger partial charge in [0.25, 0.3) is 5.56 Å². The van der Waals surface area contributed by atoms with Gasteiger partial charge in [0.1, 0.15) is 5.82 Å². The maximum Gasteiger partial charge on any atom is 0.254 e. The highest BCUT2D eigenvalue weighted by molar-refractivity contribution is 5.79. The highest BCUT2D eigenvalue weighted by Gasteiger charge is 2.26. The van der Waals surface area contributed by atoms with Gasteiger partial charge in [-0.25, -0.2) is 4.98 Å². The monoisotopic (exact) mass is 277 g/mol. The standard InChI is InChI=1S/C15H23N3O2/c1-9-5-10(2)8-18(7-9)14(19)6-13-11(3)16-12(4)17-15(13)20/h9-10H,5-8H2,1-4H3,(H,16,17,20)/t9-,10+. The van der Waals surface area contributed by atoms with Crippen LogP contribution in [-0.4, -0.2) is 33.9 Å². The number of piperidine rings is 1. The van der Waals surface area contributed by atoms with Crippen molar-refractivity contribution in [3.05, 3.63) is 27.4 Å². The third-order valence-corrected chi connectivity index (χ3v) is 3.89. The average molecular weight is 277 g/mol. The number of carbonyl (C=O) groups is 1. The molecule has 1 N–H and O–H groups in total. The van der Waals surface area contributed by atoms with Gasteiger partial charge in [-0.3, -0.25) is 9.59 Å². The Morgan fingerprint density at radius 3 is 2.45 bits per heavy atom. The van der Waals surface area contributed by atoms with Gasteiger partial charge < -0.3 is 9.88 Å². The first kappa shape index (κ1) is 14.8. The third-order valence-electron chi connectivity index (χ3n) is 3.89. The zero-order chi connectivity index (χ0) is 14.9. The highest BCUT2D eigenvalue weighted by atomic mass is 16.2. The Hall–Kier alpha value is -1.65. The molecule has 1 aromatic rings. The van der Waals surface area contributed by atoms with Gasteiger partial charge in [0.15, 0.2) is 0 Å². The SMILES string of the molecule is Cc1nc(C)c(CC(=O)N2C[C@H](C)C[C@H](C)C2)c(=O)[nH]1. The van der Waals surface area contributed by atoms with Gasteiger partial charge in [-0.2, -0.15) is 0 Å². The van der Waals surface area contributed by atoms with Crippen molar-refractivity contribution in [2.24, 2.45) is 11.8 Å². The summed E-state index contributed by atoms with van der Waals surface area (Å²) in [6.07, 6.45) is 1.31. The van der Waals surface area contributed by atoms with Crippen molar-refractivity contribution < 1.29 is 4.79 Å². The number of amides is 1. The van der Waals surface area contributed by atoms with Crippen molar-refractivity contribution in [2.45, 2.75) is 40.5 Å². The molecule has 0 radical (unpaired) electrons. The van der Waals surface area contributed by atoms with E-state index in [9.17, 15) is 9.59 Å². The lowest BCUT2D eigenvalue weighted by atomic mass is 9.91. The van der Waals surface area contributed by atoms with E-state index in [0.29, 0.717) is 28.9 Å². The minimum Gasteiger partial charge on any atom is -0.342 e. The highest BCUT2D eigenvalue weighted by Crippen LogP contribution is 2.21. The van der Waals surface area contributed by atoms with E-state index in [1.54, 1.807) is 13.8 Å². The molecule has 1 amide bonds. The predicted molar refractivity (Wildman–Crippen MR) is 77.6 cm³/mol. The Kier molecular flexibility index (Phi) is 4.26. The van der Waals surface area contributed by atoms with E-state index in [1.807, 2.05) is 4.90 Å². The second-order valence-corrected chi connectivity index (χ2v) is 6.14. The van der Waals surface area contributed by atoms with E-state index < -0.39 is 0 Å².